The van der Waals surface area contributed by atoms with Crippen LogP contribution in [0.25, 0.3) is 0 Å². The van der Waals surface area contributed by atoms with Crippen molar-refractivity contribution >= 4 is 39.8 Å². The minimum atomic E-state index is -0.906. The number of carboxylic acid groups (broad SMARTS) is 1. The molecule has 3 N–H and O–H groups in total. The molecular formula is C17H18N2O4S. The number of amides is 2. The third kappa shape index (κ3) is 4.66. The lowest BCUT2D eigenvalue weighted by Gasteiger charge is -2.07. The summed E-state index contributed by atoms with van der Waals surface area (Å²) in [7, 11) is 0. The Morgan fingerprint density at radius 3 is 2.38 bits per heavy atom. The summed E-state index contributed by atoms with van der Waals surface area (Å²) < 4.78 is 0. The molecule has 6 nitrogen and oxygen atoms in total. The average Bonchev–Trinajstić information content (AvgIpc) is 2.89. The van der Waals surface area contributed by atoms with E-state index in [1.165, 1.54) is 11.3 Å². The first kappa shape index (κ1) is 17.7. The molecule has 1 heterocycles. The van der Waals surface area contributed by atoms with E-state index in [2.05, 4.69) is 10.6 Å². The lowest BCUT2D eigenvalue weighted by Crippen LogP contribution is -2.15. The molecule has 2 rings (SSSR count). The Hall–Kier alpha value is -2.67. The summed E-state index contributed by atoms with van der Waals surface area (Å²) in [6, 6.07) is 8.34. The van der Waals surface area contributed by atoms with Gasteiger partial charge in [-0.1, -0.05) is 19.1 Å². The highest BCUT2D eigenvalue weighted by molar-refractivity contribution is 7.16. The molecule has 0 fully saturated rings. The molecule has 0 aliphatic heterocycles. The minimum Gasteiger partial charge on any atom is -0.481 e. The largest absolute Gasteiger partial charge is 0.481 e. The van der Waals surface area contributed by atoms with Crippen molar-refractivity contribution in [1.29, 1.82) is 0 Å². The van der Waals surface area contributed by atoms with Gasteiger partial charge >= 0.3 is 5.97 Å². The van der Waals surface area contributed by atoms with Crippen molar-refractivity contribution in [1.82, 2.24) is 0 Å². The first-order chi connectivity index (χ1) is 11.4. The van der Waals surface area contributed by atoms with E-state index in [1.807, 2.05) is 6.92 Å². The van der Waals surface area contributed by atoms with E-state index in [1.54, 1.807) is 37.3 Å². The fourth-order valence-electron chi connectivity index (χ4n) is 2.07. The van der Waals surface area contributed by atoms with Crippen LogP contribution in [0.3, 0.4) is 0 Å². The maximum atomic E-state index is 12.4. The maximum Gasteiger partial charge on any atom is 0.307 e. The molecule has 0 unspecified atom stereocenters. The van der Waals surface area contributed by atoms with Crippen LogP contribution < -0.4 is 10.6 Å². The number of carbonyl (C=O) groups is 3. The third-order valence-electron chi connectivity index (χ3n) is 3.24. The molecule has 24 heavy (non-hydrogen) atoms. The summed E-state index contributed by atoms with van der Waals surface area (Å²) in [5.41, 5.74) is 1.63. The number of carbonyl (C=O) groups excluding carboxylic acids is 2. The fourth-order valence-corrected chi connectivity index (χ4v) is 2.99. The van der Waals surface area contributed by atoms with Gasteiger partial charge < -0.3 is 15.7 Å². The number of benzene rings is 1. The van der Waals surface area contributed by atoms with Gasteiger partial charge in [-0.2, -0.15) is 0 Å². The molecule has 1 aromatic heterocycles. The smallest absolute Gasteiger partial charge is 0.307 e. The van der Waals surface area contributed by atoms with Gasteiger partial charge in [0.05, 0.1) is 12.0 Å². The molecule has 1 aromatic carbocycles. The van der Waals surface area contributed by atoms with Gasteiger partial charge in [-0.05, 0) is 30.7 Å². The molecule has 0 saturated heterocycles. The van der Waals surface area contributed by atoms with E-state index in [0.29, 0.717) is 28.2 Å². The molecular weight excluding hydrogens is 328 g/mol. The Bertz CT molecular complexity index is 765. The number of aryl methyl sites for hydroxylation is 1. The molecule has 2 amide bonds. The quantitative estimate of drug-likeness (QED) is 0.748. The van der Waals surface area contributed by atoms with Crippen LogP contribution in [0.15, 0.2) is 30.3 Å². The van der Waals surface area contributed by atoms with E-state index < -0.39 is 5.97 Å². The highest BCUT2D eigenvalue weighted by atomic mass is 32.1. The second-order valence-corrected chi connectivity index (χ2v) is 6.48. The van der Waals surface area contributed by atoms with Crippen molar-refractivity contribution in [3.8, 4) is 0 Å². The summed E-state index contributed by atoms with van der Waals surface area (Å²) in [4.78, 5) is 35.6. The minimum absolute atomic E-state index is 0.0643. The van der Waals surface area contributed by atoms with Crippen molar-refractivity contribution in [3.63, 3.8) is 0 Å². The number of carboxylic acids is 1. The third-order valence-corrected chi connectivity index (χ3v) is 4.21. The summed E-state index contributed by atoms with van der Waals surface area (Å²) in [6.07, 6.45) is 0.272. The summed E-state index contributed by atoms with van der Waals surface area (Å²) in [6.45, 7) is 3.61. The van der Waals surface area contributed by atoms with Gasteiger partial charge in [-0.15, -0.1) is 11.3 Å². The molecule has 0 spiro atoms. The zero-order chi connectivity index (χ0) is 17.7. The molecule has 0 aliphatic rings. The zero-order valence-electron chi connectivity index (χ0n) is 13.4. The van der Waals surface area contributed by atoms with Crippen molar-refractivity contribution in [2.45, 2.75) is 26.7 Å². The first-order valence-corrected chi connectivity index (χ1v) is 8.23. The second kappa shape index (κ2) is 7.74. The van der Waals surface area contributed by atoms with Crippen LogP contribution >= 0.6 is 11.3 Å². The Balaban J connectivity index is 2.12. The van der Waals surface area contributed by atoms with Crippen molar-refractivity contribution in [2.24, 2.45) is 0 Å². The van der Waals surface area contributed by atoms with E-state index in [-0.39, 0.29) is 18.2 Å². The number of hydrogen-bond acceptors (Lipinski definition) is 4. The van der Waals surface area contributed by atoms with Crippen LogP contribution in [0.1, 0.15) is 34.1 Å². The van der Waals surface area contributed by atoms with Crippen LogP contribution in [-0.4, -0.2) is 22.9 Å². The topological polar surface area (TPSA) is 95.5 Å². The predicted molar refractivity (Wildman–Crippen MR) is 93.7 cm³/mol. The number of aliphatic carboxylic acids is 1. The zero-order valence-corrected chi connectivity index (χ0v) is 14.2. The van der Waals surface area contributed by atoms with Crippen molar-refractivity contribution < 1.29 is 19.5 Å². The molecule has 7 heteroatoms. The van der Waals surface area contributed by atoms with Crippen molar-refractivity contribution in [3.05, 3.63) is 46.3 Å². The van der Waals surface area contributed by atoms with E-state index in [4.69, 9.17) is 5.11 Å². The molecule has 126 valence electrons. The van der Waals surface area contributed by atoms with Gasteiger partial charge in [0, 0.05) is 17.0 Å². The van der Waals surface area contributed by atoms with Gasteiger partial charge in [0.15, 0.2) is 0 Å². The second-order valence-electron chi connectivity index (χ2n) is 5.22. The van der Waals surface area contributed by atoms with Crippen LogP contribution in [-0.2, 0) is 16.0 Å². The van der Waals surface area contributed by atoms with Gasteiger partial charge in [0.2, 0.25) is 5.91 Å². The number of anilines is 2. The molecule has 0 atom stereocenters. The standard InChI is InChI=1S/C17H18N2O4S/c1-3-14(20)19-17-13(8-10(2)24-17)16(23)18-12-6-4-11(5-7-12)9-15(21)22/h4-8H,3,9H2,1-2H3,(H,18,23)(H,19,20)(H,21,22). The van der Waals surface area contributed by atoms with Gasteiger partial charge in [0.1, 0.15) is 5.00 Å². The average molecular weight is 346 g/mol. The lowest BCUT2D eigenvalue weighted by atomic mass is 10.1. The number of rotatable bonds is 6. The van der Waals surface area contributed by atoms with Crippen LogP contribution in [0.5, 0.6) is 0 Å². The number of thiophene rings is 1. The fraction of sp³-hybridized carbons (Fsp3) is 0.235. The molecule has 2 aromatic rings. The van der Waals surface area contributed by atoms with E-state index >= 15 is 0 Å². The van der Waals surface area contributed by atoms with Gasteiger partial charge in [-0.3, -0.25) is 14.4 Å². The van der Waals surface area contributed by atoms with Gasteiger partial charge in [0.25, 0.3) is 5.91 Å². The maximum absolute atomic E-state index is 12.4. The lowest BCUT2D eigenvalue weighted by molar-refractivity contribution is -0.136. The monoisotopic (exact) mass is 346 g/mol. The molecule has 0 saturated carbocycles. The number of hydrogen-bond donors (Lipinski definition) is 3. The van der Waals surface area contributed by atoms with Crippen LogP contribution in [0.2, 0.25) is 0 Å². The Kier molecular flexibility index (Phi) is 5.70. The highest BCUT2D eigenvalue weighted by Gasteiger charge is 2.16. The SMILES string of the molecule is CCC(=O)Nc1sc(C)cc1C(=O)Nc1ccc(CC(=O)O)cc1. The molecule has 0 bridgehead atoms. The predicted octanol–water partition coefficient (Wildman–Crippen LogP) is 3.28. The van der Waals surface area contributed by atoms with Crippen molar-refractivity contribution in [2.75, 3.05) is 10.6 Å². The molecule has 0 radical (unpaired) electrons. The Morgan fingerprint density at radius 2 is 1.79 bits per heavy atom. The van der Waals surface area contributed by atoms with E-state index in [0.717, 1.165) is 4.88 Å². The Morgan fingerprint density at radius 1 is 1.12 bits per heavy atom. The highest BCUT2D eigenvalue weighted by Crippen LogP contribution is 2.28. The normalized spacial score (nSPS) is 10.2. The summed E-state index contributed by atoms with van der Waals surface area (Å²) in [5.74, 6) is -1.38. The number of nitrogens with one attached hydrogen (secondary N) is 2. The van der Waals surface area contributed by atoms with Gasteiger partial charge in [-0.25, -0.2) is 0 Å². The van der Waals surface area contributed by atoms with Crippen LogP contribution in [0, 0.1) is 6.92 Å². The van der Waals surface area contributed by atoms with Crippen LogP contribution in [0.4, 0.5) is 10.7 Å². The Labute approximate surface area is 143 Å². The first-order valence-electron chi connectivity index (χ1n) is 7.41. The summed E-state index contributed by atoms with van der Waals surface area (Å²) >= 11 is 1.35. The summed E-state index contributed by atoms with van der Waals surface area (Å²) in [5, 5.41) is 14.8. The van der Waals surface area contributed by atoms with E-state index in [9.17, 15) is 14.4 Å². The molecule has 0 aliphatic carbocycles.